The third-order valence-electron chi connectivity index (χ3n) is 3.28. The maximum absolute atomic E-state index is 12.4. The Morgan fingerprint density at radius 3 is 2.48 bits per heavy atom. The topological polar surface area (TPSA) is 64.6 Å². The van der Waals surface area contributed by atoms with Gasteiger partial charge in [0.05, 0.1) is 18.6 Å². The summed E-state index contributed by atoms with van der Waals surface area (Å²) in [5.74, 6) is 1.23. The van der Waals surface area contributed by atoms with Crippen molar-refractivity contribution in [3.63, 3.8) is 0 Å². The molecule has 0 amide bonds. The van der Waals surface area contributed by atoms with Gasteiger partial charge in [0.2, 0.25) is 10.0 Å². The molecule has 0 fully saturated rings. The Hall–Kier alpha value is -1.57. The molecule has 0 aliphatic carbocycles. The number of methoxy groups -OCH3 is 1. The van der Waals surface area contributed by atoms with Gasteiger partial charge in [-0.3, -0.25) is 0 Å². The molecule has 1 aromatic carbocycles. The van der Waals surface area contributed by atoms with Gasteiger partial charge in [0.1, 0.15) is 0 Å². The molecule has 0 aliphatic rings. The Kier molecular flexibility index (Phi) is 5.67. The second-order valence-electron chi connectivity index (χ2n) is 5.02. The summed E-state index contributed by atoms with van der Waals surface area (Å²) < 4.78 is 38.2. The van der Waals surface area contributed by atoms with Gasteiger partial charge in [-0.15, -0.1) is 11.3 Å². The Balaban J connectivity index is 2.15. The van der Waals surface area contributed by atoms with Crippen LogP contribution in [-0.4, -0.2) is 22.1 Å². The van der Waals surface area contributed by atoms with Gasteiger partial charge < -0.3 is 9.47 Å². The van der Waals surface area contributed by atoms with E-state index in [9.17, 15) is 8.42 Å². The smallest absolute Gasteiger partial charge is 0.241 e. The highest BCUT2D eigenvalue weighted by Crippen LogP contribution is 2.29. The molecule has 0 atom stereocenters. The van der Waals surface area contributed by atoms with E-state index in [0.717, 1.165) is 15.3 Å². The first-order valence-corrected chi connectivity index (χ1v) is 9.53. The van der Waals surface area contributed by atoms with Crippen LogP contribution in [-0.2, 0) is 16.6 Å². The maximum Gasteiger partial charge on any atom is 0.241 e. The molecule has 1 N–H and O–H groups in total. The molecule has 0 radical (unpaired) electrons. The van der Waals surface area contributed by atoms with Gasteiger partial charge in [-0.2, -0.15) is 0 Å². The fourth-order valence-corrected chi connectivity index (χ4v) is 4.80. The number of ether oxygens (including phenoxy) is 2. The lowest BCUT2D eigenvalue weighted by Crippen LogP contribution is -2.23. The number of sulfonamides is 1. The molecule has 1 heterocycles. The molecule has 1 aromatic heterocycles. The fraction of sp³-hybridized carbons (Fsp3) is 0.375. The predicted octanol–water partition coefficient (Wildman–Crippen LogP) is 3.25. The zero-order valence-electron chi connectivity index (χ0n) is 13.7. The van der Waals surface area contributed by atoms with Crippen molar-refractivity contribution in [1.82, 2.24) is 4.72 Å². The van der Waals surface area contributed by atoms with E-state index in [2.05, 4.69) is 4.72 Å². The fourth-order valence-electron chi connectivity index (χ4n) is 2.23. The Labute approximate surface area is 141 Å². The molecule has 2 aromatic rings. The molecular formula is C16H21NO4S2. The van der Waals surface area contributed by atoms with Crippen molar-refractivity contribution >= 4 is 21.4 Å². The van der Waals surface area contributed by atoms with Crippen LogP contribution in [0.2, 0.25) is 0 Å². The van der Waals surface area contributed by atoms with Gasteiger partial charge in [-0.25, -0.2) is 13.1 Å². The van der Waals surface area contributed by atoms with Gasteiger partial charge in [-0.1, -0.05) is 6.07 Å². The second-order valence-corrected chi connectivity index (χ2v) is 8.22. The highest BCUT2D eigenvalue weighted by Gasteiger charge is 2.19. The van der Waals surface area contributed by atoms with Crippen LogP contribution in [0, 0.1) is 13.8 Å². The summed E-state index contributed by atoms with van der Waals surface area (Å²) in [4.78, 5) is 2.11. The number of thiophene rings is 1. The number of hydrogen-bond acceptors (Lipinski definition) is 5. The number of aryl methyl sites for hydroxylation is 2. The predicted molar refractivity (Wildman–Crippen MR) is 92.0 cm³/mol. The summed E-state index contributed by atoms with van der Waals surface area (Å²) in [6.07, 6.45) is 0. The van der Waals surface area contributed by atoms with Crippen molar-refractivity contribution < 1.29 is 17.9 Å². The zero-order chi connectivity index (χ0) is 17.0. The van der Waals surface area contributed by atoms with E-state index < -0.39 is 10.0 Å². The van der Waals surface area contributed by atoms with E-state index in [1.165, 1.54) is 11.3 Å². The molecule has 5 nitrogen and oxygen atoms in total. The molecule has 0 saturated carbocycles. The molecule has 0 bridgehead atoms. The Morgan fingerprint density at radius 1 is 1.17 bits per heavy atom. The number of hydrogen-bond donors (Lipinski definition) is 1. The molecule has 23 heavy (non-hydrogen) atoms. The zero-order valence-corrected chi connectivity index (χ0v) is 15.3. The van der Waals surface area contributed by atoms with Crippen LogP contribution in [0.1, 0.15) is 22.2 Å². The van der Waals surface area contributed by atoms with E-state index >= 15 is 0 Å². The van der Waals surface area contributed by atoms with Crippen molar-refractivity contribution in [2.45, 2.75) is 32.2 Å². The lowest BCUT2D eigenvalue weighted by atomic mass is 10.2. The first-order valence-electron chi connectivity index (χ1n) is 7.23. The van der Waals surface area contributed by atoms with E-state index in [-0.39, 0.29) is 6.54 Å². The number of rotatable bonds is 7. The lowest BCUT2D eigenvalue weighted by molar-refractivity contribution is 0.310. The van der Waals surface area contributed by atoms with E-state index in [1.54, 1.807) is 25.3 Å². The quantitative estimate of drug-likeness (QED) is 0.828. The molecule has 7 heteroatoms. The minimum Gasteiger partial charge on any atom is -0.493 e. The highest BCUT2D eigenvalue weighted by atomic mass is 32.2. The van der Waals surface area contributed by atoms with Gasteiger partial charge in [-0.05, 0) is 44.5 Å². The van der Waals surface area contributed by atoms with E-state index in [0.29, 0.717) is 23.0 Å². The van der Waals surface area contributed by atoms with Crippen LogP contribution in [0.15, 0.2) is 29.2 Å². The number of benzene rings is 1. The molecule has 0 saturated heterocycles. The van der Waals surface area contributed by atoms with Gasteiger partial charge in [0.25, 0.3) is 0 Å². The standard InChI is InChI=1S/C16H21NO4S2/c1-5-21-14-7-6-13(9-15(14)20-4)10-17-23(18,19)16-8-11(2)22-12(16)3/h6-9,17H,5,10H2,1-4H3. The molecule has 2 rings (SSSR count). The molecule has 0 spiro atoms. The van der Waals surface area contributed by atoms with Gasteiger partial charge in [0.15, 0.2) is 11.5 Å². The monoisotopic (exact) mass is 355 g/mol. The summed E-state index contributed by atoms with van der Waals surface area (Å²) in [5, 5.41) is 0. The van der Waals surface area contributed by atoms with E-state index in [4.69, 9.17) is 9.47 Å². The SMILES string of the molecule is CCOc1ccc(CNS(=O)(=O)c2cc(C)sc2C)cc1OC. The minimum absolute atomic E-state index is 0.194. The maximum atomic E-state index is 12.4. The van der Waals surface area contributed by atoms with Crippen molar-refractivity contribution in [2.24, 2.45) is 0 Å². The average Bonchev–Trinajstić information content (AvgIpc) is 2.86. The number of nitrogens with one attached hydrogen (secondary N) is 1. The van der Waals surface area contributed by atoms with Crippen molar-refractivity contribution in [2.75, 3.05) is 13.7 Å². The molecule has 0 aliphatic heterocycles. The Bertz CT molecular complexity index is 781. The highest BCUT2D eigenvalue weighted by molar-refractivity contribution is 7.89. The summed E-state index contributed by atoms with van der Waals surface area (Å²) in [5.41, 5.74) is 0.804. The molecule has 126 valence electrons. The van der Waals surface area contributed by atoms with Crippen LogP contribution in [0.5, 0.6) is 11.5 Å². The summed E-state index contributed by atoms with van der Waals surface area (Å²) >= 11 is 1.48. The second kappa shape index (κ2) is 7.33. The molecular weight excluding hydrogens is 334 g/mol. The third-order valence-corrected chi connectivity index (χ3v) is 5.90. The van der Waals surface area contributed by atoms with Crippen molar-refractivity contribution in [3.8, 4) is 11.5 Å². The van der Waals surface area contributed by atoms with Crippen molar-refractivity contribution in [1.29, 1.82) is 0 Å². The Morgan fingerprint density at radius 2 is 1.91 bits per heavy atom. The molecule has 0 unspecified atom stereocenters. The largest absolute Gasteiger partial charge is 0.493 e. The summed E-state index contributed by atoms with van der Waals surface area (Å²) in [7, 11) is -1.96. The van der Waals surface area contributed by atoms with Crippen molar-refractivity contribution in [3.05, 3.63) is 39.6 Å². The lowest BCUT2D eigenvalue weighted by Gasteiger charge is -2.11. The normalized spacial score (nSPS) is 11.5. The average molecular weight is 355 g/mol. The van der Waals surface area contributed by atoms with Crippen LogP contribution >= 0.6 is 11.3 Å². The van der Waals surface area contributed by atoms with Gasteiger partial charge >= 0.3 is 0 Å². The van der Waals surface area contributed by atoms with Crippen LogP contribution in [0.4, 0.5) is 0 Å². The summed E-state index contributed by atoms with van der Waals surface area (Å²) in [6.45, 7) is 6.34. The first-order chi connectivity index (χ1) is 10.9. The van der Waals surface area contributed by atoms with Crippen LogP contribution in [0.3, 0.4) is 0 Å². The minimum atomic E-state index is -3.52. The van der Waals surface area contributed by atoms with Crippen LogP contribution in [0.25, 0.3) is 0 Å². The van der Waals surface area contributed by atoms with Gasteiger partial charge in [0, 0.05) is 16.3 Å². The summed E-state index contributed by atoms with van der Waals surface area (Å²) in [6, 6.07) is 7.08. The third kappa shape index (κ3) is 4.25. The first kappa shape index (κ1) is 17.8. The van der Waals surface area contributed by atoms with E-state index in [1.807, 2.05) is 26.8 Å². The van der Waals surface area contributed by atoms with Crippen LogP contribution < -0.4 is 14.2 Å².